The second kappa shape index (κ2) is 6.51. The molecular weight excluding hydrogens is 447 g/mol. The first-order chi connectivity index (χ1) is 12.5. The van der Waals surface area contributed by atoms with Crippen LogP contribution in [-0.2, 0) is 10.2 Å². The lowest BCUT2D eigenvalue weighted by atomic mass is 9.60. The molecule has 7 heteroatoms. The van der Waals surface area contributed by atoms with Crippen LogP contribution in [0.4, 0.5) is 0 Å². The van der Waals surface area contributed by atoms with Crippen LogP contribution in [0.5, 0.6) is 5.75 Å². The van der Waals surface area contributed by atoms with Crippen LogP contribution in [0.3, 0.4) is 0 Å². The number of carbonyl (C=O) groups excluding carboxylic acids is 1. The molecule has 1 heterocycles. The van der Waals surface area contributed by atoms with Gasteiger partial charge in [0.05, 0.1) is 14.2 Å². The highest BCUT2D eigenvalue weighted by Gasteiger charge is 2.51. The molecule has 2 bridgehead atoms. The molecule has 6 nitrogen and oxygen atoms in total. The van der Waals surface area contributed by atoms with E-state index in [0.717, 1.165) is 25.2 Å². The molecule has 1 aromatic heterocycles. The van der Waals surface area contributed by atoms with Crippen LogP contribution >= 0.6 is 22.6 Å². The molecule has 0 unspecified atom stereocenters. The lowest BCUT2D eigenvalue weighted by Gasteiger charge is -2.48. The van der Waals surface area contributed by atoms with E-state index in [1.54, 1.807) is 12.1 Å². The van der Waals surface area contributed by atoms with Gasteiger partial charge in [0.2, 0.25) is 11.7 Å². The Bertz CT molecular complexity index is 823. The van der Waals surface area contributed by atoms with Crippen LogP contribution in [0.25, 0.3) is 11.4 Å². The van der Waals surface area contributed by atoms with Crippen LogP contribution in [0.15, 0.2) is 22.7 Å². The summed E-state index contributed by atoms with van der Waals surface area (Å²) < 4.78 is 16.2. The fourth-order valence-corrected chi connectivity index (χ4v) is 4.94. The van der Waals surface area contributed by atoms with Crippen molar-refractivity contribution in [3.63, 3.8) is 0 Å². The Morgan fingerprint density at radius 2 is 1.85 bits per heavy atom. The predicted octanol–water partition coefficient (Wildman–Crippen LogP) is 4.31. The average molecular weight is 468 g/mol. The zero-order valence-corrected chi connectivity index (χ0v) is 17.0. The van der Waals surface area contributed by atoms with Crippen molar-refractivity contribution < 1.29 is 18.8 Å². The van der Waals surface area contributed by atoms with Crippen LogP contribution in [0.2, 0.25) is 0 Å². The summed E-state index contributed by atoms with van der Waals surface area (Å²) in [6.45, 7) is 0. The highest BCUT2D eigenvalue weighted by atomic mass is 127. The summed E-state index contributed by atoms with van der Waals surface area (Å²) in [5, 5.41) is 4.19. The highest BCUT2D eigenvalue weighted by molar-refractivity contribution is 14.1. The number of benzene rings is 1. The minimum Gasteiger partial charge on any atom is -0.496 e. The first-order valence-electron chi connectivity index (χ1n) is 8.78. The number of halogens is 1. The number of methoxy groups -OCH3 is 2. The monoisotopic (exact) mass is 468 g/mol. The lowest BCUT2D eigenvalue weighted by Crippen LogP contribution is -2.44. The van der Waals surface area contributed by atoms with Crippen LogP contribution in [0, 0.1) is 0 Å². The fourth-order valence-electron chi connectivity index (χ4n) is 4.13. The van der Waals surface area contributed by atoms with Crippen molar-refractivity contribution in [2.24, 2.45) is 0 Å². The lowest BCUT2D eigenvalue weighted by molar-refractivity contribution is 0.0597. The maximum atomic E-state index is 12.0. The molecule has 3 aliphatic carbocycles. The van der Waals surface area contributed by atoms with Gasteiger partial charge in [0, 0.05) is 14.4 Å². The van der Waals surface area contributed by atoms with Gasteiger partial charge in [0.25, 0.3) is 0 Å². The minimum atomic E-state index is -0.455. The van der Waals surface area contributed by atoms with Gasteiger partial charge in [-0.2, -0.15) is 4.98 Å². The molecule has 0 spiro atoms. The molecule has 26 heavy (non-hydrogen) atoms. The van der Waals surface area contributed by atoms with Crippen molar-refractivity contribution in [1.29, 1.82) is 0 Å². The average Bonchev–Trinajstić information content (AvgIpc) is 3.19. The molecule has 0 amide bonds. The van der Waals surface area contributed by atoms with E-state index in [9.17, 15) is 4.79 Å². The molecule has 138 valence electrons. The predicted molar refractivity (Wildman–Crippen MR) is 104 cm³/mol. The Morgan fingerprint density at radius 3 is 2.46 bits per heavy atom. The maximum absolute atomic E-state index is 12.0. The number of alkyl halides is 1. The molecule has 0 aliphatic heterocycles. The Balaban J connectivity index is 1.66. The van der Waals surface area contributed by atoms with E-state index < -0.39 is 5.97 Å². The number of aromatic nitrogens is 2. The highest BCUT2D eigenvalue weighted by Crippen LogP contribution is 2.56. The standard InChI is InChI=1S/C19H21IN2O4/c1-24-14-4-3-12(11-13(14)16(23)25-2)15-21-17(26-22-15)18-5-8-19(20,9-6-18)10-7-18/h3-4,11H,5-10H2,1-2H3. The van der Waals surface area contributed by atoms with Gasteiger partial charge in [-0.25, -0.2) is 4.79 Å². The van der Waals surface area contributed by atoms with Crippen LogP contribution < -0.4 is 4.74 Å². The van der Waals surface area contributed by atoms with Crippen molar-refractivity contribution in [3.05, 3.63) is 29.7 Å². The Labute approximate surface area is 165 Å². The van der Waals surface area contributed by atoms with E-state index in [1.165, 1.54) is 33.5 Å². The summed E-state index contributed by atoms with van der Waals surface area (Å²) in [6.07, 6.45) is 6.94. The first-order valence-corrected chi connectivity index (χ1v) is 9.86. The van der Waals surface area contributed by atoms with Gasteiger partial charge in [-0.15, -0.1) is 0 Å². The summed E-state index contributed by atoms with van der Waals surface area (Å²) in [7, 11) is 2.87. The zero-order valence-electron chi connectivity index (χ0n) is 14.9. The zero-order chi connectivity index (χ0) is 18.4. The number of esters is 1. The third-order valence-corrected chi connectivity index (χ3v) is 7.52. The summed E-state index contributed by atoms with van der Waals surface area (Å²) in [5.74, 6) is 1.24. The smallest absolute Gasteiger partial charge is 0.341 e. The number of fused-ring (bicyclic) bond motifs is 3. The number of ether oxygens (including phenoxy) is 2. The number of rotatable bonds is 4. The van der Waals surface area contributed by atoms with Crippen molar-refractivity contribution in [3.8, 4) is 17.1 Å². The summed E-state index contributed by atoms with van der Waals surface area (Å²) >= 11 is 2.63. The van der Waals surface area contributed by atoms with Gasteiger partial charge in [-0.3, -0.25) is 0 Å². The van der Waals surface area contributed by atoms with Gasteiger partial charge >= 0.3 is 5.97 Å². The van der Waals surface area contributed by atoms with E-state index in [2.05, 4.69) is 27.7 Å². The number of hydrogen-bond acceptors (Lipinski definition) is 6. The number of carbonyl (C=O) groups is 1. The van der Waals surface area contributed by atoms with E-state index in [4.69, 9.17) is 19.0 Å². The molecule has 3 fully saturated rings. The second-order valence-corrected chi connectivity index (χ2v) is 9.55. The van der Waals surface area contributed by atoms with Crippen LogP contribution in [0.1, 0.15) is 54.8 Å². The fraction of sp³-hybridized carbons (Fsp3) is 0.526. The molecule has 3 saturated carbocycles. The molecule has 1 aromatic carbocycles. The Hall–Kier alpha value is -1.64. The van der Waals surface area contributed by atoms with Gasteiger partial charge < -0.3 is 14.0 Å². The summed E-state index contributed by atoms with van der Waals surface area (Å²) in [4.78, 5) is 16.7. The van der Waals surface area contributed by atoms with E-state index in [0.29, 0.717) is 26.1 Å². The minimum absolute atomic E-state index is 0.0236. The molecule has 0 atom stereocenters. The van der Waals surface area contributed by atoms with E-state index in [1.807, 2.05) is 6.07 Å². The van der Waals surface area contributed by atoms with Crippen molar-refractivity contribution in [2.45, 2.75) is 47.4 Å². The summed E-state index contributed by atoms with van der Waals surface area (Å²) in [6, 6.07) is 5.24. The Kier molecular flexibility index (Phi) is 4.45. The van der Waals surface area contributed by atoms with Crippen molar-refractivity contribution in [2.75, 3.05) is 14.2 Å². The van der Waals surface area contributed by atoms with Gasteiger partial charge in [0.15, 0.2) is 0 Å². The maximum Gasteiger partial charge on any atom is 0.341 e. The SMILES string of the molecule is COC(=O)c1cc(-c2noc(C34CCC(I)(CC3)CC4)n2)ccc1OC. The van der Waals surface area contributed by atoms with Crippen molar-refractivity contribution >= 4 is 28.6 Å². The molecule has 5 rings (SSSR count). The third-order valence-electron chi connectivity index (χ3n) is 5.90. The van der Waals surface area contributed by atoms with Crippen LogP contribution in [-0.4, -0.2) is 33.8 Å². The van der Waals surface area contributed by atoms with Gasteiger partial charge in [0.1, 0.15) is 11.3 Å². The van der Waals surface area contributed by atoms with E-state index >= 15 is 0 Å². The molecule has 0 saturated heterocycles. The van der Waals surface area contributed by atoms with Gasteiger partial charge in [-0.1, -0.05) is 27.7 Å². The molecule has 0 radical (unpaired) electrons. The van der Waals surface area contributed by atoms with E-state index in [-0.39, 0.29) is 5.41 Å². The largest absolute Gasteiger partial charge is 0.496 e. The number of hydrogen-bond donors (Lipinski definition) is 0. The topological polar surface area (TPSA) is 74.5 Å². The molecular formula is C19H21IN2O4. The van der Waals surface area contributed by atoms with Crippen molar-refractivity contribution in [1.82, 2.24) is 10.1 Å². The Morgan fingerprint density at radius 1 is 1.15 bits per heavy atom. The summed E-state index contributed by atoms with van der Waals surface area (Å²) in [5.41, 5.74) is 1.09. The number of nitrogens with zero attached hydrogens (tertiary/aromatic N) is 2. The molecule has 3 aliphatic rings. The van der Waals surface area contributed by atoms with Gasteiger partial charge in [-0.05, 0) is 56.7 Å². The first kappa shape index (κ1) is 17.8. The quantitative estimate of drug-likeness (QED) is 0.378. The molecule has 0 N–H and O–H groups in total. The normalized spacial score (nSPS) is 27.3. The molecule has 2 aromatic rings. The second-order valence-electron chi connectivity index (χ2n) is 7.26. The third kappa shape index (κ3) is 2.90.